The summed E-state index contributed by atoms with van der Waals surface area (Å²) in [6.07, 6.45) is 1.88. The van der Waals surface area contributed by atoms with Gasteiger partial charge in [-0.25, -0.2) is 0 Å². The molecule has 0 bridgehead atoms. The Morgan fingerprint density at radius 2 is 1.89 bits per heavy atom. The van der Waals surface area contributed by atoms with E-state index in [1.54, 1.807) is 9.80 Å². The highest BCUT2D eigenvalue weighted by molar-refractivity contribution is 7.80. The summed E-state index contributed by atoms with van der Waals surface area (Å²) in [5.74, 6) is -0.0226. The van der Waals surface area contributed by atoms with Crippen molar-refractivity contribution < 1.29 is 4.79 Å². The molecule has 94 valence electrons. The number of thiocarbonyl (C=S) groups is 1. The maximum atomic E-state index is 12.2. The second-order valence-corrected chi connectivity index (χ2v) is 4.70. The zero-order valence-electron chi connectivity index (χ0n) is 10.8. The molecule has 0 spiro atoms. The van der Waals surface area contributed by atoms with E-state index in [4.69, 9.17) is 12.2 Å². The highest BCUT2D eigenvalue weighted by Crippen LogP contribution is 2.21. The van der Waals surface area contributed by atoms with Gasteiger partial charge in [0.1, 0.15) is 5.70 Å². The van der Waals surface area contributed by atoms with E-state index in [0.717, 1.165) is 5.56 Å². The standard InChI is InChI=1S/C14H16N2OS/c1-4-16-13(17)12(15(3)14(16)18)9-11-7-5-10(2)6-8-11/h5-9H,4H2,1-3H3/b12-9+. The largest absolute Gasteiger partial charge is 0.317 e. The van der Waals surface area contributed by atoms with Crippen LogP contribution in [0.2, 0.25) is 0 Å². The van der Waals surface area contributed by atoms with Crippen LogP contribution < -0.4 is 0 Å². The lowest BCUT2D eigenvalue weighted by Gasteiger charge is -2.13. The molecule has 1 aromatic rings. The lowest BCUT2D eigenvalue weighted by molar-refractivity contribution is -0.122. The number of amides is 1. The summed E-state index contributed by atoms with van der Waals surface area (Å²) in [7, 11) is 1.83. The van der Waals surface area contributed by atoms with E-state index in [1.807, 2.05) is 51.2 Å². The van der Waals surface area contributed by atoms with E-state index in [9.17, 15) is 4.79 Å². The van der Waals surface area contributed by atoms with E-state index in [2.05, 4.69) is 0 Å². The number of carbonyl (C=O) groups is 1. The van der Waals surface area contributed by atoms with Gasteiger partial charge in [-0.3, -0.25) is 9.69 Å². The van der Waals surface area contributed by atoms with Gasteiger partial charge >= 0.3 is 0 Å². The van der Waals surface area contributed by atoms with E-state index in [0.29, 0.717) is 17.4 Å². The Bertz CT molecular complexity index is 519. The van der Waals surface area contributed by atoms with Crippen molar-refractivity contribution in [3.8, 4) is 0 Å². The van der Waals surface area contributed by atoms with Crippen molar-refractivity contribution in [2.24, 2.45) is 0 Å². The van der Waals surface area contributed by atoms with Gasteiger partial charge in [-0.2, -0.15) is 0 Å². The van der Waals surface area contributed by atoms with Crippen LogP contribution in [0.5, 0.6) is 0 Å². The minimum absolute atomic E-state index is 0.0226. The molecule has 0 aromatic heterocycles. The van der Waals surface area contributed by atoms with Gasteiger partial charge in [-0.1, -0.05) is 29.8 Å². The van der Waals surface area contributed by atoms with Gasteiger partial charge in [0.2, 0.25) is 0 Å². The van der Waals surface area contributed by atoms with Gasteiger partial charge in [0.25, 0.3) is 5.91 Å². The number of likely N-dealkylation sites (N-methyl/N-ethyl adjacent to an activating group) is 2. The van der Waals surface area contributed by atoms with Gasteiger partial charge < -0.3 is 4.90 Å². The normalized spacial score (nSPS) is 18.1. The van der Waals surface area contributed by atoms with Crippen LogP contribution in [0.4, 0.5) is 0 Å². The zero-order valence-corrected chi connectivity index (χ0v) is 11.6. The number of aryl methyl sites for hydroxylation is 1. The molecule has 1 saturated heterocycles. The first-order valence-electron chi connectivity index (χ1n) is 5.92. The number of hydrogen-bond donors (Lipinski definition) is 0. The number of rotatable bonds is 2. The van der Waals surface area contributed by atoms with Crippen molar-refractivity contribution >= 4 is 29.3 Å². The van der Waals surface area contributed by atoms with Crippen LogP contribution in [0.1, 0.15) is 18.1 Å². The van der Waals surface area contributed by atoms with E-state index in [1.165, 1.54) is 5.56 Å². The Balaban J connectivity index is 2.36. The maximum Gasteiger partial charge on any atom is 0.276 e. The first kappa shape index (κ1) is 12.8. The summed E-state index contributed by atoms with van der Waals surface area (Å²) in [5.41, 5.74) is 2.84. The van der Waals surface area contributed by atoms with Crippen molar-refractivity contribution in [2.75, 3.05) is 13.6 Å². The lowest BCUT2D eigenvalue weighted by atomic mass is 10.1. The summed E-state index contributed by atoms with van der Waals surface area (Å²) in [6.45, 7) is 4.57. The fraction of sp³-hybridized carbons (Fsp3) is 0.286. The molecule has 0 aliphatic carbocycles. The average Bonchev–Trinajstić information content (AvgIpc) is 2.56. The second kappa shape index (κ2) is 4.90. The number of hydrogen-bond acceptors (Lipinski definition) is 2. The molecular formula is C14H16N2OS. The van der Waals surface area contributed by atoms with Crippen molar-refractivity contribution in [1.82, 2.24) is 9.80 Å². The second-order valence-electron chi connectivity index (χ2n) is 4.33. The molecule has 18 heavy (non-hydrogen) atoms. The molecule has 0 radical (unpaired) electrons. The minimum atomic E-state index is -0.0226. The van der Waals surface area contributed by atoms with Crippen LogP contribution in [0, 0.1) is 6.92 Å². The van der Waals surface area contributed by atoms with Crippen LogP contribution >= 0.6 is 12.2 Å². The molecule has 1 aliphatic rings. The average molecular weight is 260 g/mol. The fourth-order valence-electron chi connectivity index (χ4n) is 1.91. The van der Waals surface area contributed by atoms with E-state index < -0.39 is 0 Å². The molecule has 0 unspecified atom stereocenters. The Kier molecular flexibility index (Phi) is 3.48. The molecule has 0 saturated carbocycles. The number of carbonyl (C=O) groups excluding carboxylic acids is 1. The van der Waals surface area contributed by atoms with Crippen LogP contribution in [0.15, 0.2) is 30.0 Å². The summed E-state index contributed by atoms with van der Waals surface area (Å²) in [6, 6.07) is 8.06. The molecule has 1 amide bonds. The minimum Gasteiger partial charge on any atom is -0.317 e. The van der Waals surface area contributed by atoms with Gasteiger partial charge in [-0.05, 0) is 37.7 Å². The SMILES string of the molecule is CCN1C(=O)/C(=C\c2ccc(C)cc2)N(C)C1=S. The predicted octanol–water partition coefficient (Wildman–Crippen LogP) is 2.41. The molecule has 4 heteroatoms. The van der Waals surface area contributed by atoms with Crippen molar-refractivity contribution in [2.45, 2.75) is 13.8 Å². The number of benzene rings is 1. The monoisotopic (exact) mass is 260 g/mol. The molecule has 2 rings (SSSR count). The highest BCUT2D eigenvalue weighted by atomic mass is 32.1. The zero-order chi connectivity index (χ0) is 13.3. The molecule has 1 aliphatic heterocycles. The summed E-state index contributed by atoms with van der Waals surface area (Å²) in [5, 5.41) is 0.570. The van der Waals surface area contributed by atoms with Crippen molar-refractivity contribution in [3.05, 3.63) is 41.1 Å². The molecule has 3 nitrogen and oxygen atoms in total. The summed E-state index contributed by atoms with van der Waals surface area (Å²) >= 11 is 5.24. The third kappa shape index (κ3) is 2.16. The Hall–Kier alpha value is -1.68. The van der Waals surface area contributed by atoms with Gasteiger partial charge in [0.15, 0.2) is 5.11 Å². The quantitative estimate of drug-likeness (QED) is 0.602. The van der Waals surface area contributed by atoms with Crippen LogP contribution in [0.3, 0.4) is 0 Å². The van der Waals surface area contributed by atoms with Crippen molar-refractivity contribution in [1.29, 1.82) is 0 Å². The van der Waals surface area contributed by atoms with E-state index in [-0.39, 0.29) is 5.91 Å². The molecular weight excluding hydrogens is 244 g/mol. The Morgan fingerprint density at radius 1 is 1.28 bits per heavy atom. The molecule has 0 atom stereocenters. The molecule has 0 N–H and O–H groups in total. The molecule has 1 heterocycles. The topological polar surface area (TPSA) is 23.6 Å². The van der Waals surface area contributed by atoms with Crippen LogP contribution in [-0.2, 0) is 4.79 Å². The van der Waals surface area contributed by atoms with Crippen molar-refractivity contribution in [3.63, 3.8) is 0 Å². The predicted molar refractivity (Wildman–Crippen MR) is 76.9 cm³/mol. The fourth-order valence-corrected chi connectivity index (χ4v) is 2.22. The maximum absolute atomic E-state index is 12.2. The smallest absolute Gasteiger partial charge is 0.276 e. The third-order valence-corrected chi connectivity index (χ3v) is 3.53. The Morgan fingerprint density at radius 3 is 2.39 bits per heavy atom. The summed E-state index contributed by atoms with van der Waals surface area (Å²) in [4.78, 5) is 15.5. The Labute approximate surface area is 113 Å². The van der Waals surface area contributed by atoms with Gasteiger partial charge in [0.05, 0.1) is 0 Å². The molecule has 1 aromatic carbocycles. The number of nitrogens with zero attached hydrogens (tertiary/aromatic N) is 2. The first-order valence-corrected chi connectivity index (χ1v) is 6.33. The van der Waals surface area contributed by atoms with Crippen LogP contribution in [0.25, 0.3) is 6.08 Å². The van der Waals surface area contributed by atoms with E-state index >= 15 is 0 Å². The third-order valence-electron chi connectivity index (χ3n) is 3.04. The molecule has 1 fully saturated rings. The van der Waals surface area contributed by atoms with Gasteiger partial charge in [0, 0.05) is 13.6 Å². The van der Waals surface area contributed by atoms with Crippen LogP contribution in [-0.4, -0.2) is 34.4 Å². The highest BCUT2D eigenvalue weighted by Gasteiger charge is 2.34. The first-order chi connectivity index (χ1) is 8.54. The van der Waals surface area contributed by atoms with Gasteiger partial charge in [-0.15, -0.1) is 0 Å². The summed E-state index contributed by atoms with van der Waals surface area (Å²) < 4.78 is 0. The lowest BCUT2D eigenvalue weighted by Crippen LogP contribution is -2.30.